The smallest absolute Gasteiger partial charge is 0.247 e. The van der Waals surface area contributed by atoms with Gasteiger partial charge < -0.3 is 0 Å². The van der Waals surface area contributed by atoms with Crippen LogP contribution in [0.5, 0.6) is 0 Å². The van der Waals surface area contributed by atoms with E-state index in [0.29, 0.717) is 6.42 Å². The summed E-state index contributed by atoms with van der Waals surface area (Å²) in [6.07, 6.45) is 0.672. The summed E-state index contributed by atoms with van der Waals surface area (Å²) in [6.45, 7) is 3.81. The summed E-state index contributed by atoms with van der Waals surface area (Å²) in [4.78, 5) is 23.6. The van der Waals surface area contributed by atoms with E-state index >= 15 is 0 Å². The lowest BCUT2D eigenvalue weighted by molar-refractivity contribution is -0.132. The van der Waals surface area contributed by atoms with Gasteiger partial charge in [0.15, 0.2) is 0 Å². The summed E-state index contributed by atoms with van der Waals surface area (Å²) in [5.41, 5.74) is 0.962. The molecule has 1 heterocycles. The molecule has 2 amide bonds. The first kappa shape index (κ1) is 12.2. The zero-order valence-corrected chi connectivity index (χ0v) is 10.7. The van der Waals surface area contributed by atoms with E-state index in [1.807, 2.05) is 44.2 Å². The Morgan fingerprint density at radius 3 is 2.53 bits per heavy atom. The van der Waals surface area contributed by atoms with Gasteiger partial charge in [-0.25, -0.2) is 0 Å². The standard InChI is InChI=1S/C13H15NO2S/c1-3-13(10-7-5-4-6-8-10)12(16)14-11(15)9(2)17-13/h4-9H,3H2,1-2H3,(H,14,15,16)/t9-,13-/m1/s1. The third kappa shape index (κ3) is 1.97. The van der Waals surface area contributed by atoms with Crippen LogP contribution in [0.1, 0.15) is 25.8 Å². The first-order chi connectivity index (χ1) is 8.10. The van der Waals surface area contributed by atoms with Crippen LogP contribution >= 0.6 is 11.8 Å². The van der Waals surface area contributed by atoms with E-state index < -0.39 is 4.75 Å². The van der Waals surface area contributed by atoms with Gasteiger partial charge in [-0.2, -0.15) is 0 Å². The number of rotatable bonds is 2. The molecule has 1 N–H and O–H groups in total. The fourth-order valence-corrected chi connectivity index (χ4v) is 3.44. The van der Waals surface area contributed by atoms with Crippen molar-refractivity contribution in [3.8, 4) is 0 Å². The van der Waals surface area contributed by atoms with Crippen molar-refractivity contribution in [3.63, 3.8) is 0 Å². The van der Waals surface area contributed by atoms with E-state index in [9.17, 15) is 9.59 Å². The molecule has 0 radical (unpaired) electrons. The number of carbonyl (C=O) groups excluding carboxylic acids is 2. The normalized spacial score (nSPS) is 28.9. The summed E-state index contributed by atoms with van der Waals surface area (Å²) in [7, 11) is 0. The van der Waals surface area contributed by atoms with E-state index in [-0.39, 0.29) is 17.1 Å². The molecular weight excluding hydrogens is 234 g/mol. The van der Waals surface area contributed by atoms with Crippen LogP contribution in [0, 0.1) is 0 Å². The third-order valence-corrected chi connectivity index (χ3v) is 4.77. The van der Waals surface area contributed by atoms with Gasteiger partial charge in [0, 0.05) is 0 Å². The Hall–Kier alpha value is -1.29. The Balaban J connectivity index is 2.44. The van der Waals surface area contributed by atoms with E-state index in [1.54, 1.807) is 0 Å². The highest BCUT2D eigenvalue weighted by molar-refractivity contribution is 8.02. The number of hydrogen-bond donors (Lipinski definition) is 1. The van der Waals surface area contributed by atoms with Crippen LogP contribution in [0.3, 0.4) is 0 Å². The van der Waals surface area contributed by atoms with Gasteiger partial charge in [0.2, 0.25) is 11.8 Å². The molecule has 0 aliphatic carbocycles. The molecule has 4 heteroatoms. The fraction of sp³-hybridized carbons (Fsp3) is 0.385. The molecule has 2 rings (SSSR count). The Bertz CT molecular complexity index is 446. The number of hydrogen-bond acceptors (Lipinski definition) is 3. The number of thioether (sulfide) groups is 1. The number of carbonyl (C=O) groups is 2. The second-order valence-electron chi connectivity index (χ2n) is 4.13. The first-order valence-electron chi connectivity index (χ1n) is 5.69. The maximum atomic E-state index is 12.2. The molecule has 0 unspecified atom stereocenters. The van der Waals surface area contributed by atoms with Crippen molar-refractivity contribution in [2.75, 3.05) is 0 Å². The molecule has 17 heavy (non-hydrogen) atoms. The van der Waals surface area contributed by atoms with Crippen molar-refractivity contribution in [2.45, 2.75) is 30.3 Å². The molecule has 1 aliphatic rings. The van der Waals surface area contributed by atoms with Crippen LogP contribution < -0.4 is 5.32 Å². The maximum Gasteiger partial charge on any atom is 0.247 e. The fourth-order valence-electron chi connectivity index (χ4n) is 2.08. The predicted octanol–water partition coefficient (Wildman–Crippen LogP) is 2.07. The van der Waals surface area contributed by atoms with Gasteiger partial charge in [0.05, 0.1) is 5.25 Å². The van der Waals surface area contributed by atoms with E-state index in [4.69, 9.17) is 0 Å². The Morgan fingerprint density at radius 1 is 1.29 bits per heavy atom. The minimum Gasteiger partial charge on any atom is -0.294 e. The van der Waals surface area contributed by atoms with Crippen molar-refractivity contribution in [2.24, 2.45) is 0 Å². The highest BCUT2D eigenvalue weighted by Gasteiger charge is 2.46. The van der Waals surface area contributed by atoms with Crippen LogP contribution in [0.15, 0.2) is 30.3 Å². The average molecular weight is 249 g/mol. The predicted molar refractivity (Wildman–Crippen MR) is 68.6 cm³/mol. The van der Waals surface area contributed by atoms with Gasteiger partial charge in [-0.05, 0) is 18.9 Å². The Kier molecular flexibility index (Phi) is 3.24. The zero-order chi connectivity index (χ0) is 12.5. The van der Waals surface area contributed by atoms with Gasteiger partial charge in [-0.15, -0.1) is 11.8 Å². The van der Waals surface area contributed by atoms with Crippen molar-refractivity contribution < 1.29 is 9.59 Å². The molecule has 0 aromatic heterocycles. The van der Waals surface area contributed by atoms with Crippen molar-refractivity contribution in [1.29, 1.82) is 0 Å². The number of imide groups is 1. The lowest BCUT2D eigenvalue weighted by Gasteiger charge is -2.37. The summed E-state index contributed by atoms with van der Waals surface area (Å²) >= 11 is 1.44. The van der Waals surface area contributed by atoms with Crippen molar-refractivity contribution >= 4 is 23.6 Å². The lowest BCUT2D eigenvalue weighted by Crippen LogP contribution is -2.53. The van der Waals surface area contributed by atoms with Crippen molar-refractivity contribution in [1.82, 2.24) is 5.32 Å². The third-order valence-electron chi connectivity index (χ3n) is 3.09. The largest absolute Gasteiger partial charge is 0.294 e. The monoisotopic (exact) mass is 249 g/mol. The molecule has 1 fully saturated rings. The zero-order valence-electron chi connectivity index (χ0n) is 9.90. The van der Waals surface area contributed by atoms with Crippen LogP contribution in [0.4, 0.5) is 0 Å². The molecule has 2 atom stereocenters. The van der Waals surface area contributed by atoms with Crippen LogP contribution in [0.25, 0.3) is 0 Å². The van der Waals surface area contributed by atoms with Crippen molar-refractivity contribution in [3.05, 3.63) is 35.9 Å². The summed E-state index contributed by atoms with van der Waals surface area (Å²) < 4.78 is -0.630. The van der Waals surface area contributed by atoms with Gasteiger partial charge >= 0.3 is 0 Å². The Labute approximate surface area is 105 Å². The first-order valence-corrected chi connectivity index (χ1v) is 6.57. The number of nitrogens with one attached hydrogen (secondary N) is 1. The van der Waals surface area contributed by atoms with E-state index in [1.165, 1.54) is 11.8 Å². The molecule has 90 valence electrons. The Morgan fingerprint density at radius 2 is 1.94 bits per heavy atom. The number of benzene rings is 1. The molecule has 0 saturated carbocycles. The number of amides is 2. The highest BCUT2D eigenvalue weighted by Crippen LogP contribution is 2.44. The van der Waals surface area contributed by atoms with Crippen LogP contribution in [0.2, 0.25) is 0 Å². The SMILES string of the molecule is CC[C@]1(c2ccccc2)S[C@H](C)C(=O)NC1=O. The minimum absolute atomic E-state index is 0.194. The molecule has 0 spiro atoms. The van der Waals surface area contributed by atoms with Gasteiger partial charge in [-0.1, -0.05) is 37.3 Å². The molecule has 1 aromatic rings. The summed E-state index contributed by atoms with van der Waals surface area (Å²) in [5, 5.41) is 2.27. The minimum atomic E-state index is -0.630. The topological polar surface area (TPSA) is 46.2 Å². The van der Waals surface area contributed by atoms with Gasteiger partial charge in [-0.3, -0.25) is 14.9 Å². The van der Waals surface area contributed by atoms with E-state index in [0.717, 1.165) is 5.56 Å². The second-order valence-corrected chi connectivity index (χ2v) is 5.76. The quantitative estimate of drug-likeness (QED) is 0.816. The van der Waals surface area contributed by atoms with Crippen LogP contribution in [-0.2, 0) is 14.3 Å². The maximum absolute atomic E-state index is 12.2. The molecule has 3 nitrogen and oxygen atoms in total. The lowest BCUT2D eigenvalue weighted by atomic mass is 9.94. The molecule has 0 bridgehead atoms. The van der Waals surface area contributed by atoms with Crippen LogP contribution in [-0.4, -0.2) is 17.1 Å². The molecular formula is C13H15NO2S. The van der Waals surface area contributed by atoms with E-state index in [2.05, 4.69) is 5.32 Å². The second kappa shape index (κ2) is 4.53. The average Bonchev–Trinajstić information content (AvgIpc) is 2.35. The van der Waals surface area contributed by atoms with Gasteiger partial charge in [0.25, 0.3) is 0 Å². The molecule has 1 saturated heterocycles. The van der Waals surface area contributed by atoms with Gasteiger partial charge in [0.1, 0.15) is 4.75 Å². The highest BCUT2D eigenvalue weighted by atomic mass is 32.2. The molecule has 1 aromatic carbocycles. The molecule has 1 aliphatic heterocycles. The summed E-state index contributed by atoms with van der Waals surface area (Å²) in [5.74, 6) is -0.390. The summed E-state index contributed by atoms with van der Waals surface area (Å²) in [6, 6.07) is 9.65.